The van der Waals surface area contributed by atoms with Gasteiger partial charge in [-0.1, -0.05) is 127 Å². The van der Waals surface area contributed by atoms with Crippen molar-refractivity contribution in [2.75, 3.05) is 4.90 Å². The fourth-order valence-electron chi connectivity index (χ4n) is 19.1. The van der Waals surface area contributed by atoms with Crippen LogP contribution in [0.5, 0.6) is 0 Å². The van der Waals surface area contributed by atoms with E-state index in [0.29, 0.717) is 72.3 Å². The van der Waals surface area contributed by atoms with Crippen molar-refractivity contribution in [2.45, 2.75) is 231 Å². The van der Waals surface area contributed by atoms with Crippen LogP contribution in [-0.4, -0.2) is 41.4 Å². The molecule has 0 aromatic heterocycles. The van der Waals surface area contributed by atoms with Gasteiger partial charge in [-0.25, -0.2) is 0 Å². The topological polar surface area (TPSA) is 15.7 Å². The van der Waals surface area contributed by atoms with Gasteiger partial charge in [-0.05, 0) is 227 Å². The molecule has 12 rings (SSSR count). The summed E-state index contributed by atoms with van der Waals surface area (Å²) in [5.74, 6) is 5.47. The first-order valence-electron chi connectivity index (χ1n) is 31.2. The molecule has 5 fully saturated rings. The fourth-order valence-corrected chi connectivity index (χ4v) is 19.1. The van der Waals surface area contributed by atoms with Crippen molar-refractivity contribution in [2.24, 2.45) is 64.1 Å². The normalized spacial score (nSPS) is 38.4. The van der Waals surface area contributed by atoms with Gasteiger partial charge in [-0.2, -0.15) is 13.2 Å². The Morgan fingerprint density at radius 2 is 1.48 bits per heavy atom. The largest absolute Gasteiger partial charge is 0.412 e. The number of allylic oxidation sites excluding steroid dienone is 12. The lowest BCUT2D eigenvalue weighted by Crippen LogP contribution is -2.53. The molecular formula is C69H93F3N2O. The molecule has 12 atom stereocenters. The van der Waals surface area contributed by atoms with Crippen molar-refractivity contribution in [3.05, 3.63) is 119 Å². The quantitative estimate of drug-likeness (QED) is 0.217. The molecule has 406 valence electrons. The van der Waals surface area contributed by atoms with Crippen LogP contribution < -0.4 is 4.90 Å². The molecule has 10 aliphatic carbocycles. The maximum atomic E-state index is 14.3. The lowest BCUT2D eigenvalue weighted by Gasteiger charge is -2.56. The van der Waals surface area contributed by atoms with Crippen LogP contribution >= 0.6 is 0 Å². The van der Waals surface area contributed by atoms with Crippen LogP contribution in [0.4, 0.5) is 18.9 Å². The van der Waals surface area contributed by atoms with Crippen LogP contribution in [-0.2, 0) is 4.74 Å². The first kappa shape index (κ1) is 52.2. The molecule has 0 amide bonds. The molecule has 1 aromatic carbocycles. The van der Waals surface area contributed by atoms with Gasteiger partial charge in [0.15, 0.2) is 0 Å². The molecular weight excluding hydrogens is 930 g/mol. The number of fused-ring (bicyclic) bond motifs is 5. The van der Waals surface area contributed by atoms with E-state index in [1.165, 1.54) is 119 Å². The average Bonchev–Trinajstić information content (AvgIpc) is 3.93. The minimum atomic E-state index is -4.26. The third-order valence-electron chi connectivity index (χ3n) is 22.6. The maximum Gasteiger partial charge on any atom is 0.412 e. The van der Waals surface area contributed by atoms with Crippen molar-refractivity contribution < 1.29 is 17.9 Å². The van der Waals surface area contributed by atoms with Crippen LogP contribution in [0.2, 0.25) is 0 Å². The first-order valence-corrected chi connectivity index (χ1v) is 31.2. The van der Waals surface area contributed by atoms with Crippen molar-refractivity contribution in [3.63, 3.8) is 0 Å². The van der Waals surface area contributed by atoms with Gasteiger partial charge in [0, 0.05) is 46.7 Å². The Hall–Kier alpha value is -3.51. The monoisotopic (exact) mass is 1020 g/mol. The van der Waals surface area contributed by atoms with Crippen LogP contribution in [0.25, 0.3) is 5.57 Å². The number of benzene rings is 1. The van der Waals surface area contributed by atoms with E-state index in [0.717, 1.165) is 57.3 Å². The number of halogens is 3. The summed E-state index contributed by atoms with van der Waals surface area (Å²) in [5.41, 5.74) is 10.2. The Balaban J connectivity index is 0.879. The Morgan fingerprint density at radius 1 is 0.707 bits per heavy atom. The molecule has 11 unspecified atom stereocenters. The van der Waals surface area contributed by atoms with E-state index in [1.807, 2.05) is 0 Å². The summed E-state index contributed by atoms with van der Waals surface area (Å²) < 4.78 is 50.0. The lowest BCUT2D eigenvalue weighted by molar-refractivity contribution is -0.0952. The van der Waals surface area contributed by atoms with Crippen molar-refractivity contribution >= 4 is 11.3 Å². The van der Waals surface area contributed by atoms with Crippen LogP contribution in [0.3, 0.4) is 0 Å². The van der Waals surface area contributed by atoms with Crippen LogP contribution in [0.1, 0.15) is 200 Å². The Kier molecular flexibility index (Phi) is 14.8. The zero-order chi connectivity index (χ0) is 51.6. The van der Waals surface area contributed by atoms with E-state index in [2.05, 4.69) is 117 Å². The second-order valence-electron chi connectivity index (χ2n) is 27.4. The SMILES string of the molecule is C=CC1CCC(OC2C=CC(C3(C4C=CC(C(C)(C)C)=CC4)C4CCCCC4C4CCC(N(c5ccc(C6=CC7=C(CC6)N(C6CCCCC6)C6=CCC[C@H](C)C67)cc5)C5CC=C(C(F)(F)F)CC5)CC43)CC2)CC1. The Morgan fingerprint density at radius 3 is 2.17 bits per heavy atom. The second kappa shape index (κ2) is 21.3. The summed E-state index contributed by atoms with van der Waals surface area (Å²) in [7, 11) is 0. The maximum absolute atomic E-state index is 14.3. The number of nitrogens with zero attached hydrogens (tertiary/aromatic N) is 2. The Labute approximate surface area is 451 Å². The number of hydrogen-bond donors (Lipinski definition) is 0. The van der Waals surface area contributed by atoms with Gasteiger partial charge in [0.1, 0.15) is 0 Å². The highest BCUT2D eigenvalue weighted by atomic mass is 19.4. The van der Waals surface area contributed by atoms with Gasteiger partial charge < -0.3 is 14.5 Å². The van der Waals surface area contributed by atoms with Gasteiger partial charge in [-0.15, -0.1) is 6.58 Å². The van der Waals surface area contributed by atoms with Crippen LogP contribution in [0.15, 0.2) is 114 Å². The summed E-state index contributed by atoms with van der Waals surface area (Å²) in [6.45, 7) is 13.7. The minimum Gasteiger partial charge on any atom is -0.371 e. The van der Waals surface area contributed by atoms with E-state index >= 15 is 0 Å². The van der Waals surface area contributed by atoms with Gasteiger partial charge in [0.05, 0.1) is 12.2 Å². The molecule has 1 aromatic rings. The summed E-state index contributed by atoms with van der Waals surface area (Å²) >= 11 is 0. The van der Waals surface area contributed by atoms with E-state index in [-0.39, 0.29) is 41.0 Å². The lowest BCUT2D eigenvalue weighted by atomic mass is 9.50. The second-order valence-corrected chi connectivity index (χ2v) is 27.4. The minimum absolute atomic E-state index is 0.0475. The summed E-state index contributed by atoms with van der Waals surface area (Å²) in [5, 5.41) is 0. The van der Waals surface area contributed by atoms with E-state index < -0.39 is 6.18 Å². The predicted molar refractivity (Wildman–Crippen MR) is 304 cm³/mol. The van der Waals surface area contributed by atoms with Gasteiger partial charge in [0.2, 0.25) is 0 Å². The first-order chi connectivity index (χ1) is 36.3. The highest BCUT2D eigenvalue weighted by Gasteiger charge is 2.66. The zero-order valence-electron chi connectivity index (χ0n) is 46.6. The molecule has 0 spiro atoms. The summed E-state index contributed by atoms with van der Waals surface area (Å²) in [6, 6.07) is 10.6. The standard InChI is InChI=1S/C69H93F3N2O/c1-6-46-19-37-57(38-20-46)75-58-39-30-51(31-40-58)68(50-26-24-49(25-27-50)67(3,4)5)62-17-11-10-16-59(62)60-41-36-56(44-63(60)68)73(55-34-28-52(29-35-55)69(70,71)72)54-32-21-47(22-33-54)48-23-42-64-61(43-48)66-45(2)13-12-18-65(66)74(64)53-14-8-7-9-15-53/h6,18,21-22,24-26,28,30,32-33,39,43,45-46,50-51,53,55-60,62-63,66H,1,7-17,19-20,23,27,29,31,34-38,40-42,44H2,2-5H3/t45-,46?,50?,51?,55?,56?,57?,58?,59?,60?,62?,63?,66?,68?/m0/s1. The van der Waals surface area contributed by atoms with Gasteiger partial charge in [0.25, 0.3) is 0 Å². The van der Waals surface area contributed by atoms with Gasteiger partial charge in [-0.3, -0.25) is 0 Å². The van der Waals surface area contributed by atoms with Crippen molar-refractivity contribution in [1.29, 1.82) is 0 Å². The smallest absolute Gasteiger partial charge is 0.371 e. The average molecular weight is 1020 g/mol. The number of ether oxygens (including phenoxy) is 1. The molecule has 6 heteroatoms. The highest BCUT2D eigenvalue weighted by Crippen LogP contribution is 2.71. The van der Waals surface area contributed by atoms with E-state index in [1.54, 1.807) is 23.0 Å². The zero-order valence-corrected chi connectivity index (χ0v) is 46.6. The molecule has 0 saturated heterocycles. The third-order valence-corrected chi connectivity index (χ3v) is 22.6. The molecule has 11 aliphatic rings. The highest BCUT2D eigenvalue weighted by molar-refractivity contribution is 5.73. The Bertz CT molecular complexity index is 2460. The molecule has 0 bridgehead atoms. The number of alkyl halides is 3. The summed E-state index contributed by atoms with van der Waals surface area (Å²) in [6.07, 6.45) is 47.7. The predicted octanol–water partition coefficient (Wildman–Crippen LogP) is 18.8. The molecule has 0 N–H and O–H groups in total. The van der Waals surface area contributed by atoms with E-state index in [9.17, 15) is 13.2 Å². The van der Waals surface area contributed by atoms with Crippen molar-refractivity contribution in [3.8, 4) is 0 Å². The number of hydrogen-bond acceptors (Lipinski definition) is 3. The van der Waals surface area contributed by atoms with Crippen LogP contribution in [0, 0.1) is 64.1 Å². The third kappa shape index (κ3) is 9.82. The molecule has 75 heavy (non-hydrogen) atoms. The van der Waals surface area contributed by atoms with Gasteiger partial charge >= 0.3 is 6.18 Å². The molecule has 3 nitrogen and oxygen atoms in total. The van der Waals surface area contributed by atoms with Crippen molar-refractivity contribution in [1.82, 2.24) is 4.90 Å². The molecule has 1 heterocycles. The molecule has 1 aliphatic heterocycles. The number of anilines is 1. The van der Waals surface area contributed by atoms with E-state index in [4.69, 9.17) is 4.74 Å². The molecule has 0 radical (unpaired) electrons. The number of rotatable bonds is 10. The molecule has 5 saturated carbocycles. The fraction of sp³-hybridized carbons (Fsp3) is 0.681. The summed E-state index contributed by atoms with van der Waals surface area (Å²) in [4.78, 5) is 5.58.